The lowest BCUT2D eigenvalue weighted by Gasteiger charge is -2.36. The van der Waals surface area contributed by atoms with Crippen molar-refractivity contribution in [1.29, 1.82) is 0 Å². The third-order valence-electron chi connectivity index (χ3n) is 4.96. The van der Waals surface area contributed by atoms with Crippen LogP contribution in [0.15, 0.2) is 24.4 Å². The van der Waals surface area contributed by atoms with Gasteiger partial charge in [0.05, 0.1) is 30.6 Å². The van der Waals surface area contributed by atoms with Gasteiger partial charge in [0.1, 0.15) is 0 Å². The maximum Gasteiger partial charge on any atom is 0.217 e. The lowest BCUT2D eigenvalue weighted by Crippen LogP contribution is -2.52. The standard InChI is InChI=1S/C16H22N2O4S/c19-23(20,13-4-5-13)18-7-8-21-15-10-12(9-14(15)18)11-22-16-3-1-2-6-17-16/h1-3,6,12-15H,4-5,7-11H2/t12-,14-,15-/m1/s1. The zero-order chi connectivity index (χ0) is 15.9. The van der Waals surface area contributed by atoms with Gasteiger partial charge in [0, 0.05) is 18.8 Å². The van der Waals surface area contributed by atoms with Gasteiger partial charge in [-0.3, -0.25) is 0 Å². The van der Waals surface area contributed by atoms with E-state index in [0.29, 0.717) is 31.6 Å². The molecule has 2 saturated carbocycles. The predicted molar refractivity (Wildman–Crippen MR) is 84.6 cm³/mol. The molecule has 3 atom stereocenters. The Hall–Kier alpha value is -1.18. The Kier molecular flexibility index (Phi) is 4.03. The molecule has 1 saturated heterocycles. The number of aromatic nitrogens is 1. The molecule has 1 aromatic heterocycles. The van der Waals surface area contributed by atoms with Crippen LogP contribution in [0.1, 0.15) is 25.7 Å². The van der Waals surface area contributed by atoms with Gasteiger partial charge in [0.2, 0.25) is 15.9 Å². The Labute approximate surface area is 136 Å². The van der Waals surface area contributed by atoms with Gasteiger partial charge >= 0.3 is 0 Å². The van der Waals surface area contributed by atoms with Crippen LogP contribution in [-0.4, -0.2) is 54.9 Å². The van der Waals surface area contributed by atoms with Crippen LogP contribution >= 0.6 is 0 Å². The summed E-state index contributed by atoms with van der Waals surface area (Å²) < 4.78 is 38.5. The van der Waals surface area contributed by atoms with Gasteiger partial charge in [-0.25, -0.2) is 13.4 Å². The van der Waals surface area contributed by atoms with E-state index < -0.39 is 10.0 Å². The average molecular weight is 338 g/mol. The lowest BCUT2D eigenvalue weighted by atomic mass is 10.1. The number of hydrogen-bond acceptors (Lipinski definition) is 5. The minimum absolute atomic E-state index is 0.00890. The molecule has 0 amide bonds. The summed E-state index contributed by atoms with van der Waals surface area (Å²) in [6.07, 6.45) is 5.00. The highest BCUT2D eigenvalue weighted by molar-refractivity contribution is 7.90. The number of rotatable bonds is 5. The van der Waals surface area contributed by atoms with Crippen molar-refractivity contribution in [2.75, 3.05) is 19.8 Å². The van der Waals surface area contributed by atoms with Crippen LogP contribution in [0.25, 0.3) is 0 Å². The molecule has 126 valence electrons. The molecular weight excluding hydrogens is 316 g/mol. The highest BCUT2D eigenvalue weighted by Crippen LogP contribution is 2.40. The van der Waals surface area contributed by atoms with Gasteiger partial charge in [-0.05, 0) is 37.7 Å². The maximum atomic E-state index is 12.6. The lowest BCUT2D eigenvalue weighted by molar-refractivity contribution is -0.0249. The Balaban J connectivity index is 1.41. The van der Waals surface area contributed by atoms with Crippen molar-refractivity contribution in [3.05, 3.63) is 24.4 Å². The first-order chi connectivity index (χ1) is 11.1. The summed E-state index contributed by atoms with van der Waals surface area (Å²) in [6, 6.07) is 5.56. The fourth-order valence-corrected chi connectivity index (χ4v) is 5.71. The van der Waals surface area contributed by atoms with Crippen LogP contribution < -0.4 is 4.74 Å². The summed E-state index contributed by atoms with van der Waals surface area (Å²) >= 11 is 0. The van der Waals surface area contributed by atoms with E-state index in [9.17, 15) is 8.42 Å². The van der Waals surface area contributed by atoms with Gasteiger partial charge in [0.15, 0.2) is 0 Å². The fourth-order valence-electron chi connectivity index (χ4n) is 3.66. The van der Waals surface area contributed by atoms with E-state index >= 15 is 0 Å². The summed E-state index contributed by atoms with van der Waals surface area (Å²) in [5.74, 6) is 0.924. The van der Waals surface area contributed by atoms with Crippen LogP contribution in [0.2, 0.25) is 0 Å². The molecule has 2 heterocycles. The second-order valence-electron chi connectivity index (χ2n) is 6.65. The third-order valence-corrected chi connectivity index (χ3v) is 7.38. The van der Waals surface area contributed by atoms with E-state index in [1.807, 2.05) is 18.2 Å². The molecule has 4 rings (SSSR count). The highest BCUT2D eigenvalue weighted by Gasteiger charge is 2.49. The van der Waals surface area contributed by atoms with E-state index in [0.717, 1.165) is 25.7 Å². The first-order valence-electron chi connectivity index (χ1n) is 8.30. The number of morpholine rings is 1. The Morgan fingerprint density at radius 2 is 2.17 bits per heavy atom. The van der Waals surface area contributed by atoms with E-state index in [1.165, 1.54) is 0 Å². The normalized spacial score (nSPS) is 31.7. The molecule has 2 aliphatic carbocycles. The van der Waals surface area contributed by atoms with Crippen LogP contribution in [0.5, 0.6) is 5.88 Å². The van der Waals surface area contributed by atoms with Crippen LogP contribution in [0.4, 0.5) is 0 Å². The van der Waals surface area contributed by atoms with E-state index in [1.54, 1.807) is 10.5 Å². The second-order valence-corrected chi connectivity index (χ2v) is 8.81. The molecule has 1 aliphatic heterocycles. The van der Waals surface area contributed by atoms with Gasteiger partial charge in [-0.2, -0.15) is 4.31 Å². The maximum absolute atomic E-state index is 12.6. The van der Waals surface area contributed by atoms with Gasteiger partial charge in [-0.1, -0.05) is 6.07 Å². The third kappa shape index (κ3) is 3.09. The molecule has 0 spiro atoms. The fraction of sp³-hybridized carbons (Fsp3) is 0.688. The van der Waals surface area contributed by atoms with Crippen LogP contribution in [0, 0.1) is 5.92 Å². The Morgan fingerprint density at radius 3 is 2.91 bits per heavy atom. The number of pyridine rings is 1. The number of ether oxygens (including phenoxy) is 2. The van der Waals surface area contributed by atoms with Crippen molar-refractivity contribution in [2.45, 2.75) is 43.1 Å². The van der Waals surface area contributed by atoms with E-state index in [2.05, 4.69) is 4.98 Å². The molecule has 0 unspecified atom stereocenters. The largest absolute Gasteiger partial charge is 0.477 e. The first-order valence-corrected chi connectivity index (χ1v) is 9.81. The summed E-state index contributed by atoms with van der Waals surface area (Å²) in [5.41, 5.74) is 0. The molecule has 7 heteroatoms. The van der Waals surface area contributed by atoms with Crippen molar-refractivity contribution in [3.8, 4) is 5.88 Å². The molecule has 3 fully saturated rings. The molecule has 1 aromatic rings. The second kappa shape index (κ2) is 6.03. The van der Waals surface area contributed by atoms with Crippen molar-refractivity contribution >= 4 is 10.0 Å². The van der Waals surface area contributed by atoms with Crippen molar-refractivity contribution in [1.82, 2.24) is 9.29 Å². The number of hydrogen-bond donors (Lipinski definition) is 0. The molecule has 0 aromatic carbocycles. The quantitative estimate of drug-likeness (QED) is 0.812. The number of fused-ring (bicyclic) bond motifs is 1. The smallest absolute Gasteiger partial charge is 0.217 e. The van der Waals surface area contributed by atoms with Gasteiger partial charge in [0.25, 0.3) is 0 Å². The molecule has 3 aliphatic rings. The molecular formula is C16H22N2O4S. The Bertz CT molecular complexity index is 647. The van der Waals surface area contributed by atoms with Crippen LogP contribution in [0.3, 0.4) is 0 Å². The molecule has 6 nitrogen and oxygen atoms in total. The molecule has 23 heavy (non-hydrogen) atoms. The average Bonchev–Trinajstić information content (AvgIpc) is 3.34. The molecule has 0 bridgehead atoms. The van der Waals surface area contributed by atoms with E-state index in [-0.39, 0.29) is 17.4 Å². The molecule has 0 radical (unpaired) electrons. The van der Waals surface area contributed by atoms with Crippen molar-refractivity contribution < 1.29 is 17.9 Å². The SMILES string of the molecule is O=S(=O)(C1CC1)N1CCO[C@@H]2C[C@H](COc3ccccn3)C[C@H]21. The summed E-state index contributed by atoms with van der Waals surface area (Å²) in [6.45, 7) is 1.56. The minimum atomic E-state index is -3.13. The van der Waals surface area contributed by atoms with Gasteiger partial charge < -0.3 is 9.47 Å². The zero-order valence-corrected chi connectivity index (χ0v) is 13.8. The minimum Gasteiger partial charge on any atom is -0.477 e. The van der Waals surface area contributed by atoms with Crippen LogP contribution in [-0.2, 0) is 14.8 Å². The first kappa shape index (κ1) is 15.4. The predicted octanol–water partition coefficient (Wildman–Crippen LogP) is 1.43. The zero-order valence-electron chi connectivity index (χ0n) is 13.0. The number of sulfonamides is 1. The Morgan fingerprint density at radius 1 is 1.30 bits per heavy atom. The topological polar surface area (TPSA) is 68.7 Å². The summed E-state index contributed by atoms with van der Waals surface area (Å²) in [4.78, 5) is 4.16. The summed E-state index contributed by atoms with van der Waals surface area (Å²) in [7, 11) is -3.13. The van der Waals surface area contributed by atoms with E-state index in [4.69, 9.17) is 9.47 Å². The van der Waals surface area contributed by atoms with Gasteiger partial charge in [-0.15, -0.1) is 0 Å². The van der Waals surface area contributed by atoms with Crippen molar-refractivity contribution in [3.63, 3.8) is 0 Å². The number of nitrogens with zero attached hydrogens (tertiary/aromatic N) is 2. The van der Waals surface area contributed by atoms with Crippen molar-refractivity contribution in [2.24, 2.45) is 5.92 Å². The molecule has 0 N–H and O–H groups in total. The highest BCUT2D eigenvalue weighted by atomic mass is 32.2. The monoisotopic (exact) mass is 338 g/mol. The summed E-state index contributed by atoms with van der Waals surface area (Å²) in [5, 5.41) is -0.148.